The lowest BCUT2D eigenvalue weighted by atomic mass is 10.4. The average molecular weight is 155 g/mol. The molecule has 0 aromatic heterocycles. The van der Waals surface area contributed by atoms with E-state index >= 15 is 0 Å². The van der Waals surface area contributed by atoms with Crippen LogP contribution in [0.25, 0.3) is 0 Å². The number of amides is 1. The summed E-state index contributed by atoms with van der Waals surface area (Å²) in [5.41, 5.74) is 0. The Bertz CT molecular complexity index is 139. The Hall–Kier alpha value is -0.570. The quantitative estimate of drug-likeness (QED) is 0.574. The van der Waals surface area contributed by atoms with Crippen LogP contribution in [-0.4, -0.2) is 42.9 Å². The zero-order valence-electron chi connectivity index (χ0n) is 7.21. The lowest BCUT2D eigenvalue weighted by molar-refractivity contribution is -0.126. The maximum Gasteiger partial charge on any atom is 0.241 e. The molecular weight excluding hydrogens is 140 g/mol. The van der Waals surface area contributed by atoms with Crippen LogP contribution in [0.15, 0.2) is 0 Å². The number of hydrogen-bond acceptors (Lipinski definition) is 2. The van der Waals surface area contributed by atoms with E-state index in [0.717, 1.165) is 13.1 Å². The summed E-state index contributed by atoms with van der Waals surface area (Å²) < 4.78 is 0. The van der Waals surface area contributed by atoms with E-state index in [1.54, 1.807) is 25.5 Å². The second-order valence-corrected chi connectivity index (χ2v) is 3.10. The van der Waals surface area contributed by atoms with Gasteiger partial charge < -0.3 is 4.90 Å². The van der Waals surface area contributed by atoms with E-state index in [2.05, 4.69) is 4.90 Å². The molecule has 1 radical (unpaired) electrons. The molecule has 1 amide bonds. The van der Waals surface area contributed by atoms with Crippen LogP contribution in [-0.2, 0) is 4.79 Å². The maximum absolute atomic E-state index is 11.1. The molecule has 3 heteroatoms. The lowest BCUT2D eigenvalue weighted by Crippen LogP contribution is -2.30. The minimum absolute atomic E-state index is 0.0897. The van der Waals surface area contributed by atoms with Crippen molar-refractivity contribution in [2.75, 3.05) is 27.2 Å². The Balaban J connectivity index is 2.24. The zero-order valence-corrected chi connectivity index (χ0v) is 7.21. The van der Waals surface area contributed by atoms with Crippen LogP contribution in [0.1, 0.15) is 12.8 Å². The van der Waals surface area contributed by atoms with Crippen molar-refractivity contribution in [2.45, 2.75) is 12.8 Å². The molecule has 0 spiro atoms. The summed E-state index contributed by atoms with van der Waals surface area (Å²) in [6.45, 7) is 3.78. The highest BCUT2D eigenvalue weighted by Crippen LogP contribution is 2.09. The average Bonchev–Trinajstić information content (AvgIpc) is 2.39. The Morgan fingerprint density at radius 3 is 2.36 bits per heavy atom. The van der Waals surface area contributed by atoms with Crippen molar-refractivity contribution in [1.82, 2.24) is 9.80 Å². The third kappa shape index (κ3) is 2.50. The second-order valence-electron chi connectivity index (χ2n) is 3.10. The number of likely N-dealkylation sites (tertiary alicyclic amines) is 1. The Kier molecular flexibility index (Phi) is 2.88. The first-order valence-corrected chi connectivity index (χ1v) is 4.00. The van der Waals surface area contributed by atoms with Gasteiger partial charge in [0.1, 0.15) is 6.54 Å². The fourth-order valence-electron chi connectivity index (χ4n) is 1.14. The van der Waals surface area contributed by atoms with Crippen LogP contribution in [0.4, 0.5) is 0 Å². The summed E-state index contributed by atoms with van der Waals surface area (Å²) in [6, 6.07) is 0. The SMILES string of the molecule is CN(C)C(=O)[CH]N1CCCC1. The summed E-state index contributed by atoms with van der Waals surface area (Å²) in [4.78, 5) is 14.8. The van der Waals surface area contributed by atoms with Crippen LogP contribution in [0, 0.1) is 6.54 Å². The molecule has 0 aromatic carbocycles. The van der Waals surface area contributed by atoms with Crippen molar-refractivity contribution in [2.24, 2.45) is 0 Å². The number of hydrogen-bond donors (Lipinski definition) is 0. The Morgan fingerprint density at radius 1 is 1.36 bits per heavy atom. The molecule has 0 aromatic rings. The van der Waals surface area contributed by atoms with Gasteiger partial charge >= 0.3 is 0 Å². The zero-order chi connectivity index (χ0) is 8.27. The molecule has 1 fully saturated rings. The molecule has 3 nitrogen and oxygen atoms in total. The predicted molar refractivity (Wildman–Crippen MR) is 43.8 cm³/mol. The van der Waals surface area contributed by atoms with Gasteiger partial charge in [0.25, 0.3) is 0 Å². The minimum atomic E-state index is 0.0897. The van der Waals surface area contributed by atoms with Crippen LogP contribution in [0.5, 0.6) is 0 Å². The minimum Gasteiger partial charge on any atom is -0.347 e. The standard InChI is InChI=1S/C8H15N2O/c1-9(2)8(11)7-10-5-3-4-6-10/h7H,3-6H2,1-2H3. The topological polar surface area (TPSA) is 23.6 Å². The van der Waals surface area contributed by atoms with Gasteiger partial charge in [-0.3, -0.25) is 9.69 Å². The highest BCUT2D eigenvalue weighted by molar-refractivity contribution is 5.83. The first kappa shape index (κ1) is 8.53. The molecule has 0 unspecified atom stereocenters. The monoisotopic (exact) mass is 155 g/mol. The van der Waals surface area contributed by atoms with E-state index in [0.29, 0.717) is 0 Å². The fraction of sp³-hybridized carbons (Fsp3) is 0.750. The van der Waals surface area contributed by atoms with Crippen molar-refractivity contribution in [3.63, 3.8) is 0 Å². The Morgan fingerprint density at radius 2 is 1.91 bits per heavy atom. The van der Waals surface area contributed by atoms with Crippen LogP contribution in [0.2, 0.25) is 0 Å². The first-order valence-electron chi connectivity index (χ1n) is 4.00. The molecule has 1 aliphatic rings. The van der Waals surface area contributed by atoms with Crippen molar-refractivity contribution < 1.29 is 4.79 Å². The first-order chi connectivity index (χ1) is 5.20. The fourth-order valence-corrected chi connectivity index (χ4v) is 1.14. The Labute approximate surface area is 68.0 Å². The van der Waals surface area contributed by atoms with Gasteiger partial charge in [-0.1, -0.05) is 0 Å². The van der Waals surface area contributed by atoms with E-state index < -0.39 is 0 Å². The van der Waals surface area contributed by atoms with E-state index in [-0.39, 0.29) is 5.91 Å². The van der Waals surface area contributed by atoms with Crippen molar-refractivity contribution in [1.29, 1.82) is 0 Å². The molecule has 1 heterocycles. The summed E-state index contributed by atoms with van der Waals surface area (Å²) in [6.07, 6.45) is 2.44. The third-order valence-electron chi connectivity index (χ3n) is 1.87. The summed E-state index contributed by atoms with van der Waals surface area (Å²) in [5, 5.41) is 0. The number of rotatable bonds is 2. The molecule has 11 heavy (non-hydrogen) atoms. The van der Waals surface area contributed by atoms with Crippen LogP contribution in [0.3, 0.4) is 0 Å². The second kappa shape index (κ2) is 3.72. The van der Waals surface area contributed by atoms with Crippen LogP contribution < -0.4 is 0 Å². The largest absolute Gasteiger partial charge is 0.347 e. The maximum atomic E-state index is 11.1. The van der Waals surface area contributed by atoms with Gasteiger partial charge in [0.05, 0.1) is 0 Å². The van der Waals surface area contributed by atoms with E-state index in [1.807, 2.05) is 0 Å². The van der Waals surface area contributed by atoms with Crippen molar-refractivity contribution >= 4 is 5.91 Å². The van der Waals surface area contributed by atoms with Gasteiger partial charge in [0.15, 0.2) is 0 Å². The van der Waals surface area contributed by atoms with Gasteiger partial charge in [-0.25, -0.2) is 0 Å². The molecule has 0 N–H and O–H groups in total. The molecule has 0 aliphatic carbocycles. The summed E-state index contributed by atoms with van der Waals surface area (Å²) in [5.74, 6) is 0.0897. The van der Waals surface area contributed by atoms with Gasteiger partial charge in [0, 0.05) is 14.1 Å². The van der Waals surface area contributed by atoms with Gasteiger partial charge in [-0.05, 0) is 25.9 Å². The normalized spacial score (nSPS) is 18.7. The highest BCUT2D eigenvalue weighted by atomic mass is 16.2. The molecule has 1 rings (SSSR count). The molecule has 63 valence electrons. The lowest BCUT2D eigenvalue weighted by Gasteiger charge is -2.16. The van der Waals surface area contributed by atoms with Gasteiger partial charge in [-0.15, -0.1) is 0 Å². The summed E-state index contributed by atoms with van der Waals surface area (Å²) in [7, 11) is 3.55. The molecule has 1 saturated heterocycles. The highest BCUT2D eigenvalue weighted by Gasteiger charge is 2.16. The molecule has 0 bridgehead atoms. The molecule has 0 atom stereocenters. The van der Waals surface area contributed by atoms with Crippen molar-refractivity contribution in [3.8, 4) is 0 Å². The predicted octanol–water partition coefficient (Wildman–Crippen LogP) is 0.332. The van der Waals surface area contributed by atoms with E-state index in [9.17, 15) is 4.79 Å². The van der Waals surface area contributed by atoms with E-state index in [4.69, 9.17) is 0 Å². The molecular formula is C8H15N2O. The smallest absolute Gasteiger partial charge is 0.241 e. The van der Waals surface area contributed by atoms with Gasteiger partial charge in [-0.2, -0.15) is 0 Å². The number of nitrogens with zero attached hydrogens (tertiary/aromatic N) is 2. The number of likely N-dealkylation sites (N-methyl/N-ethyl adjacent to an activating group) is 1. The number of carbonyl (C=O) groups excluding carboxylic acids is 1. The van der Waals surface area contributed by atoms with Gasteiger partial charge in [0.2, 0.25) is 5.91 Å². The summed E-state index contributed by atoms with van der Waals surface area (Å²) >= 11 is 0. The van der Waals surface area contributed by atoms with E-state index in [1.165, 1.54) is 12.8 Å². The van der Waals surface area contributed by atoms with Crippen molar-refractivity contribution in [3.05, 3.63) is 6.54 Å². The molecule has 0 saturated carbocycles. The number of carbonyl (C=O) groups is 1. The molecule has 1 aliphatic heterocycles. The van der Waals surface area contributed by atoms with Crippen LogP contribution >= 0.6 is 0 Å². The third-order valence-corrected chi connectivity index (χ3v) is 1.87.